The van der Waals surface area contributed by atoms with Gasteiger partial charge in [0.15, 0.2) is 5.75 Å². The van der Waals surface area contributed by atoms with Gasteiger partial charge in [0, 0.05) is 0 Å². The minimum Gasteiger partial charge on any atom is -0.480 e. The molecule has 1 aromatic carbocycles. The number of ether oxygens (including phenoxy) is 1. The van der Waals surface area contributed by atoms with Gasteiger partial charge in [0.1, 0.15) is 5.75 Å². The zero-order valence-corrected chi connectivity index (χ0v) is 10.7. The Hall–Kier alpha value is -1.61. The van der Waals surface area contributed by atoms with Crippen molar-refractivity contribution in [1.82, 2.24) is 0 Å². The molecule has 0 saturated carbocycles. The van der Waals surface area contributed by atoms with Crippen LogP contribution in [0.4, 0.5) is 14.5 Å². The second-order valence-electron chi connectivity index (χ2n) is 3.28. The van der Waals surface area contributed by atoms with Gasteiger partial charge in [-0.15, -0.1) is 0 Å². The van der Waals surface area contributed by atoms with Crippen molar-refractivity contribution in [2.45, 2.75) is 6.61 Å². The molecule has 0 amide bonds. The molecule has 0 bridgehead atoms. The van der Waals surface area contributed by atoms with E-state index in [1.54, 1.807) is 0 Å². The Morgan fingerprint density at radius 1 is 1.47 bits per heavy atom. The number of benzene rings is 1. The van der Waals surface area contributed by atoms with Gasteiger partial charge in [-0.1, -0.05) is 11.6 Å². The highest BCUT2D eigenvalue weighted by molar-refractivity contribution is 7.93. The lowest BCUT2D eigenvalue weighted by atomic mass is 10.3. The van der Waals surface area contributed by atoms with Crippen molar-refractivity contribution in [3.8, 4) is 5.75 Å². The highest BCUT2D eigenvalue weighted by Gasteiger charge is 2.16. The van der Waals surface area contributed by atoms with Crippen LogP contribution >= 0.6 is 11.6 Å². The van der Waals surface area contributed by atoms with Crippen molar-refractivity contribution < 1.29 is 31.8 Å². The lowest BCUT2D eigenvalue weighted by Gasteiger charge is -2.10. The number of hydrogen-bond donors (Lipinski definition) is 2. The third kappa shape index (κ3) is 5.26. The van der Waals surface area contributed by atoms with Crippen LogP contribution in [0.5, 0.6) is 5.75 Å². The number of carbonyl (C=O) groups is 1. The zero-order valence-electron chi connectivity index (χ0n) is 9.14. The fourth-order valence-corrected chi connectivity index (χ4v) is 2.24. The molecule has 2 N–H and O–H groups in total. The number of anilines is 1. The molecule has 1 rings (SSSR count). The molecule has 1 aromatic rings. The molecule has 0 aromatic heterocycles. The molecule has 0 radical (unpaired) electrons. The average Bonchev–Trinajstić information content (AvgIpc) is 2.18. The van der Waals surface area contributed by atoms with Crippen molar-refractivity contribution in [3.05, 3.63) is 23.2 Å². The molecule has 0 heterocycles. The molecule has 10 heteroatoms. The van der Waals surface area contributed by atoms with Crippen LogP contribution in [-0.2, 0) is 14.8 Å². The number of rotatable bonds is 6. The highest BCUT2D eigenvalue weighted by Crippen LogP contribution is 2.29. The van der Waals surface area contributed by atoms with E-state index in [2.05, 4.69) is 4.74 Å². The normalized spacial score (nSPS) is 11.4. The predicted octanol–water partition coefficient (Wildman–Crippen LogP) is 1.77. The first kappa shape index (κ1) is 15.4. The molecule has 0 aliphatic rings. The van der Waals surface area contributed by atoms with Gasteiger partial charge in [0.25, 0.3) is 0 Å². The molecule has 0 saturated heterocycles. The Morgan fingerprint density at radius 3 is 2.58 bits per heavy atom. The maximum Gasteiger partial charge on any atom is 0.387 e. The number of hydrogen-bond acceptors (Lipinski definition) is 4. The van der Waals surface area contributed by atoms with Gasteiger partial charge in [-0.05, 0) is 18.2 Å². The molecule has 106 valence electrons. The summed E-state index contributed by atoms with van der Waals surface area (Å²) < 4.78 is 52.5. The van der Waals surface area contributed by atoms with Gasteiger partial charge in [-0.25, -0.2) is 8.42 Å². The number of nitrogens with one attached hydrogen (secondary N) is 1. The van der Waals surface area contributed by atoms with Crippen LogP contribution in [0.2, 0.25) is 5.02 Å². The minimum atomic E-state index is -4.08. The van der Waals surface area contributed by atoms with Crippen LogP contribution in [0.3, 0.4) is 0 Å². The van der Waals surface area contributed by atoms with Crippen LogP contribution in [0.25, 0.3) is 0 Å². The van der Waals surface area contributed by atoms with Gasteiger partial charge < -0.3 is 9.84 Å². The molecule has 6 nitrogen and oxygen atoms in total. The Balaban J connectivity index is 2.87. The van der Waals surface area contributed by atoms with Crippen molar-refractivity contribution >= 4 is 33.3 Å². The Morgan fingerprint density at radius 2 is 2.11 bits per heavy atom. The van der Waals surface area contributed by atoms with Crippen molar-refractivity contribution in [2.75, 3.05) is 10.5 Å². The monoisotopic (exact) mass is 315 g/mol. The molecule has 0 aliphatic carbocycles. The first-order valence-electron chi connectivity index (χ1n) is 4.66. The number of alkyl halides is 2. The summed E-state index contributed by atoms with van der Waals surface area (Å²) in [7, 11) is -4.08. The van der Waals surface area contributed by atoms with E-state index in [0.717, 1.165) is 18.2 Å². The van der Waals surface area contributed by atoms with Gasteiger partial charge in [-0.2, -0.15) is 8.78 Å². The molecule has 0 fully saturated rings. The number of aliphatic carboxylic acids is 1. The number of carboxylic acid groups (broad SMARTS) is 1. The second-order valence-corrected chi connectivity index (χ2v) is 5.41. The number of halogens is 3. The maximum absolute atomic E-state index is 12.0. The Kier molecular flexibility index (Phi) is 4.90. The van der Waals surface area contributed by atoms with Crippen LogP contribution in [0.15, 0.2) is 18.2 Å². The summed E-state index contributed by atoms with van der Waals surface area (Å²) in [6.45, 7) is -3.06. The van der Waals surface area contributed by atoms with Crippen molar-refractivity contribution in [1.29, 1.82) is 0 Å². The minimum absolute atomic E-state index is 0.0622. The molecule has 0 spiro atoms. The first-order chi connectivity index (χ1) is 8.69. The molecular formula is C9H8ClF2NO5S. The zero-order chi connectivity index (χ0) is 14.6. The van der Waals surface area contributed by atoms with Gasteiger partial charge in [-0.3, -0.25) is 9.52 Å². The van der Waals surface area contributed by atoms with E-state index in [9.17, 15) is 22.0 Å². The van der Waals surface area contributed by atoms with Crippen LogP contribution in [0, 0.1) is 0 Å². The van der Waals surface area contributed by atoms with E-state index in [1.165, 1.54) is 0 Å². The molecule has 0 unspecified atom stereocenters. The average molecular weight is 316 g/mol. The quantitative estimate of drug-likeness (QED) is 0.834. The smallest absolute Gasteiger partial charge is 0.387 e. The first-order valence-corrected chi connectivity index (χ1v) is 6.69. The fraction of sp³-hybridized carbons (Fsp3) is 0.222. The summed E-state index contributed by atoms with van der Waals surface area (Å²) >= 11 is 5.60. The van der Waals surface area contributed by atoms with E-state index in [0.29, 0.717) is 0 Å². The predicted molar refractivity (Wildman–Crippen MR) is 63.1 cm³/mol. The summed E-state index contributed by atoms with van der Waals surface area (Å²) in [5.74, 6) is -2.98. The van der Waals surface area contributed by atoms with Gasteiger partial charge in [0.05, 0.1) is 10.7 Å². The molecule has 0 aliphatic heterocycles. The van der Waals surface area contributed by atoms with Gasteiger partial charge >= 0.3 is 12.6 Å². The Labute approximate surface area is 112 Å². The fourth-order valence-electron chi connectivity index (χ4n) is 1.13. The lowest BCUT2D eigenvalue weighted by Crippen LogP contribution is -2.22. The Bertz CT molecular complexity index is 578. The van der Waals surface area contributed by atoms with E-state index in [4.69, 9.17) is 16.7 Å². The SMILES string of the molecule is O=C(O)CS(=O)(=O)Nc1ccc(OC(F)F)c(Cl)c1. The molecular weight excluding hydrogens is 308 g/mol. The summed E-state index contributed by atoms with van der Waals surface area (Å²) in [6, 6.07) is 3.18. The lowest BCUT2D eigenvalue weighted by molar-refractivity contribution is -0.134. The second kappa shape index (κ2) is 6.02. The summed E-state index contributed by atoms with van der Waals surface area (Å²) in [5.41, 5.74) is -0.0622. The largest absolute Gasteiger partial charge is 0.480 e. The third-order valence-corrected chi connectivity index (χ3v) is 3.20. The molecule has 0 atom stereocenters. The van der Waals surface area contributed by atoms with Gasteiger partial charge in [0.2, 0.25) is 10.0 Å². The van der Waals surface area contributed by atoms with E-state index >= 15 is 0 Å². The van der Waals surface area contributed by atoms with E-state index < -0.39 is 28.4 Å². The summed E-state index contributed by atoms with van der Waals surface area (Å²) in [5, 5.41) is 8.14. The summed E-state index contributed by atoms with van der Waals surface area (Å²) in [4.78, 5) is 10.3. The number of sulfonamides is 1. The van der Waals surface area contributed by atoms with Crippen molar-refractivity contribution in [3.63, 3.8) is 0 Å². The van der Waals surface area contributed by atoms with Crippen molar-refractivity contribution in [2.24, 2.45) is 0 Å². The van der Waals surface area contributed by atoms with E-state index in [-0.39, 0.29) is 16.5 Å². The topological polar surface area (TPSA) is 92.7 Å². The van der Waals surface area contributed by atoms with Crippen LogP contribution in [0.1, 0.15) is 0 Å². The standard InChI is InChI=1S/C9H8ClF2NO5S/c10-6-3-5(1-2-7(6)18-9(11)12)13-19(16,17)4-8(14)15/h1-3,9,13H,4H2,(H,14,15). The summed E-state index contributed by atoms with van der Waals surface area (Å²) in [6.07, 6.45) is 0. The highest BCUT2D eigenvalue weighted by atomic mass is 35.5. The molecule has 19 heavy (non-hydrogen) atoms. The van der Waals surface area contributed by atoms with E-state index in [1.807, 2.05) is 4.72 Å². The maximum atomic E-state index is 12.0. The van der Waals surface area contributed by atoms with Crippen LogP contribution in [-0.4, -0.2) is 31.9 Å². The third-order valence-electron chi connectivity index (χ3n) is 1.73. The number of carboxylic acids is 1. The van der Waals surface area contributed by atoms with Crippen LogP contribution < -0.4 is 9.46 Å².